The number of nitrogens with zero attached hydrogens (tertiary/aromatic N) is 3. The van der Waals surface area contributed by atoms with Crippen LogP contribution in [0.4, 0.5) is 0 Å². The van der Waals surface area contributed by atoms with Crippen molar-refractivity contribution >= 4 is 17.3 Å². The number of hydrogen-bond donors (Lipinski definition) is 0. The van der Waals surface area contributed by atoms with Gasteiger partial charge >= 0.3 is 0 Å². The summed E-state index contributed by atoms with van der Waals surface area (Å²) in [6.45, 7) is 3.78. The van der Waals surface area contributed by atoms with Crippen LogP contribution in [-0.4, -0.2) is 28.2 Å². The zero-order valence-electron chi connectivity index (χ0n) is 9.74. The third-order valence-corrected chi connectivity index (χ3v) is 2.72. The molecular formula is C11H13N3O2. The molecule has 2 heterocycles. The van der Waals surface area contributed by atoms with Crippen LogP contribution in [0.15, 0.2) is 0 Å². The van der Waals surface area contributed by atoms with E-state index in [-0.39, 0.29) is 0 Å². The number of aldehydes is 1. The van der Waals surface area contributed by atoms with E-state index in [2.05, 4.69) is 10.1 Å². The fourth-order valence-corrected chi connectivity index (χ4v) is 1.96. The van der Waals surface area contributed by atoms with Crippen molar-refractivity contribution in [3.8, 4) is 5.88 Å². The molecule has 2 aromatic heterocycles. The van der Waals surface area contributed by atoms with Crippen LogP contribution in [0.3, 0.4) is 0 Å². The standard InChI is InChI=1S/C11H13N3O2/c1-6-8(5-15)11(16-4)12-10-9(6)7(2)13-14(10)3/h5H,1-4H3. The fraction of sp³-hybridized carbons (Fsp3) is 0.364. The van der Waals surface area contributed by atoms with Gasteiger partial charge in [0.2, 0.25) is 5.88 Å². The summed E-state index contributed by atoms with van der Waals surface area (Å²) in [5.74, 6) is 0.350. The normalized spacial score (nSPS) is 10.8. The molecule has 84 valence electrons. The SMILES string of the molecule is COc1nc2c(c(C)nn2C)c(C)c1C=O. The Morgan fingerprint density at radius 2 is 2.06 bits per heavy atom. The van der Waals surface area contributed by atoms with Gasteiger partial charge in [0.25, 0.3) is 0 Å². The molecular weight excluding hydrogens is 206 g/mol. The molecule has 0 amide bonds. The molecule has 0 N–H and O–H groups in total. The monoisotopic (exact) mass is 219 g/mol. The number of pyridine rings is 1. The van der Waals surface area contributed by atoms with E-state index in [0.717, 1.165) is 28.6 Å². The van der Waals surface area contributed by atoms with Crippen LogP contribution < -0.4 is 4.74 Å². The average Bonchev–Trinajstić information content (AvgIpc) is 2.54. The minimum Gasteiger partial charge on any atom is -0.480 e. The largest absolute Gasteiger partial charge is 0.480 e. The molecule has 5 heteroatoms. The van der Waals surface area contributed by atoms with Crippen molar-refractivity contribution in [1.29, 1.82) is 0 Å². The molecule has 0 radical (unpaired) electrons. The molecule has 5 nitrogen and oxygen atoms in total. The van der Waals surface area contributed by atoms with Crippen molar-refractivity contribution in [3.63, 3.8) is 0 Å². The van der Waals surface area contributed by atoms with Crippen LogP contribution in [-0.2, 0) is 7.05 Å². The minimum atomic E-state index is 0.350. The molecule has 2 aromatic rings. The van der Waals surface area contributed by atoms with Gasteiger partial charge < -0.3 is 4.74 Å². The average molecular weight is 219 g/mol. The van der Waals surface area contributed by atoms with Crippen molar-refractivity contribution in [2.45, 2.75) is 13.8 Å². The van der Waals surface area contributed by atoms with Gasteiger partial charge in [0.05, 0.1) is 18.4 Å². The summed E-state index contributed by atoms with van der Waals surface area (Å²) in [6, 6.07) is 0. The number of rotatable bonds is 2. The molecule has 0 saturated carbocycles. The van der Waals surface area contributed by atoms with Gasteiger partial charge in [0.15, 0.2) is 11.9 Å². The first-order chi connectivity index (χ1) is 7.60. The molecule has 0 spiro atoms. The fourth-order valence-electron chi connectivity index (χ4n) is 1.96. The van der Waals surface area contributed by atoms with Crippen LogP contribution in [0.5, 0.6) is 5.88 Å². The van der Waals surface area contributed by atoms with E-state index in [4.69, 9.17) is 4.74 Å². The molecule has 0 unspecified atom stereocenters. The lowest BCUT2D eigenvalue weighted by Gasteiger charge is -2.07. The van der Waals surface area contributed by atoms with E-state index in [0.29, 0.717) is 11.4 Å². The number of aryl methyl sites for hydroxylation is 3. The van der Waals surface area contributed by atoms with Gasteiger partial charge in [0.1, 0.15) is 0 Å². The lowest BCUT2D eigenvalue weighted by molar-refractivity contribution is 0.111. The van der Waals surface area contributed by atoms with Gasteiger partial charge in [-0.3, -0.25) is 9.48 Å². The zero-order valence-corrected chi connectivity index (χ0v) is 9.74. The number of aromatic nitrogens is 3. The Kier molecular flexibility index (Phi) is 2.38. The smallest absolute Gasteiger partial charge is 0.226 e. The molecule has 0 aliphatic heterocycles. The second kappa shape index (κ2) is 3.59. The highest BCUT2D eigenvalue weighted by atomic mass is 16.5. The van der Waals surface area contributed by atoms with E-state index in [1.807, 2.05) is 20.9 Å². The Balaban J connectivity index is 2.95. The molecule has 0 aliphatic rings. The first-order valence-corrected chi connectivity index (χ1v) is 4.93. The van der Waals surface area contributed by atoms with Crippen molar-refractivity contribution in [1.82, 2.24) is 14.8 Å². The summed E-state index contributed by atoms with van der Waals surface area (Å²) < 4.78 is 6.80. The molecule has 0 atom stereocenters. The van der Waals surface area contributed by atoms with E-state index in [9.17, 15) is 4.79 Å². The van der Waals surface area contributed by atoms with Gasteiger partial charge in [-0.1, -0.05) is 0 Å². The highest BCUT2D eigenvalue weighted by Gasteiger charge is 2.16. The lowest BCUT2D eigenvalue weighted by Crippen LogP contribution is -2.00. The second-order valence-corrected chi connectivity index (χ2v) is 3.69. The number of carbonyl (C=O) groups is 1. The maximum absolute atomic E-state index is 11.0. The second-order valence-electron chi connectivity index (χ2n) is 3.69. The number of hydrogen-bond acceptors (Lipinski definition) is 4. The number of fused-ring (bicyclic) bond motifs is 1. The summed E-state index contributed by atoms with van der Waals surface area (Å²) in [5.41, 5.74) is 2.96. The van der Waals surface area contributed by atoms with Crippen LogP contribution in [0, 0.1) is 13.8 Å². The summed E-state index contributed by atoms with van der Waals surface area (Å²) in [5, 5.41) is 5.21. The summed E-state index contributed by atoms with van der Waals surface area (Å²) >= 11 is 0. The Labute approximate surface area is 93.0 Å². The van der Waals surface area contributed by atoms with E-state index in [1.54, 1.807) is 4.68 Å². The predicted molar refractivity (Wildman–Crippen MR) is 59.9 cm³/mol. The molecule has 0 fully saturated rings. The summed E-state index contributed by atoms with van der Waals surface area (Å²) in [6.07, 6.45) is 0.771. The van der Waals surface area contributed by atoms with Gasteiger partial charge in [0, 0.05) is 12.4 Å². The van der Waals surface area contributed by atoms with Crippen molar-refractivity contribution in [2.75, 3.05) is 7.11 Å². The quantitative estimate of drug-likeness (QED) is 0.716. The van der Waals surface area contributed by atoms with Crippen molar-refractivity contribution in [2.24, 2.45) is 7.05 Å². The maximum Gasteiger partial charge on any atom is 0.226 e. The predicted octanol–water partition coefficient (Wildman–Crippen LogP) is 1.41. The van der Waals surface area contributed by atoms with Gasteiger partial charge in [-0.15, -0.1) is 0 Å². The number of ether oxygens (including phenoxy) is 1. The molecule has 16 heavy (non-hydrogen) atoms. The molecule has 0 aliphatic carbocycles. The highest BCUT2D eigenvalue weighted by Crippen LogP contribution is 2.27. The molecule has 2 rings (SSSR count). The van der Waals surface area contributed by atoms with Crippen molar-refractivity contribution in [3.05, 3.63) is 16.8 Å². The van der Waals surface area contributed by atoms with Gasteiger partial charge in [-0.25, -0.2) is 0 Å². The topological polar surface area (TPSA) is 57.0 Å². The lowest BCUT2D eigenvalue weighted by atomic mass is 10.1. The van der Waals surface area contributed by atoms with Crippen molar-refractivity contribution < 1.29 is 9.53 Å². The van der Waals surface area contributed by atoms with Crippen LogP contribution in [0.1, 0.15) is 21.6 Å². The van der Waals surface area contributed by atoms with Gasteiger partial charge in [-0.05, 0) is 19.4 Å². The third kappa shape index (κ3) is 1.28. The van der Waals surface area contributed by atoms with Crippen LogP contribution >= 0.6 is 0 Å². The number of methoxy groups -OCH3 is 1. The Bertz CT molecular complexity index is 572. The van der Waals surface area contributed by atoms with E-state index < -0.39 is 0 Å². The van der Waals surface area contributed by atoms with Crippen LogP contribution in [0.2, 0.25) is 0 Å². The molecule has 0 aromatic carbocycles. The molecule has 0 saturated heterocycles. The molecule has 0 bridgehead atoms. The van der Waals surface area contributed by atoms with E-state index in [1.165, 1.54) is 7.11 Å². The zero-order chi connectivity index (χ0) is 11.9. The summed E-state index contributed by atoms with van der Waals surface area (Å²) in [4.78, 5) is 15.3. The Morgan fingerprint density at radius 1 is 1.38 bits per heavy atom. The number of carbonyl (C=O) groups excluding carboxylic acids is 1. The van der Waals surface area contributed by atoms with Crippen LogP contribution in [0.25, 0.3) is 11.0 Å². The Morgan fingerprint density at radius 3 is 2.62 bits per heavy atom. The first-order valence-electron chi connectivity index (χ1n) is 4.93. The third-order valence-electron chi connectivity index (χ3n) is 2.72. The van der Waals surface area contributed by atoms with E-state index >= 15 is 0 Å². The highest BCUT2D eigenvalue weighted by molar-refractivity contribution is 5.92. The van der Waals surface area contributed by atoms with Gasteiger partial charge in [-0.2, -0.15) is 10.1 Å². The summed E-state index contributed by atoms with van der Waals surface area (Å²) in [7, 11) is 3.33. The maximum atomic E-state index is 11.0. The Hall–Kier alpha value is -1.91. The minimum absolute atomic E-state index is 0.350. The first kappa shape index (κ1) is 10.6.